The van der Waals surface area contributed by atoms with Crippen LogP contribution in [0.5, 0.6) is 0 Å². The van der Waals surface area contributed by atoms with Crippen LogP contribution >= 0.6 is 0 Å². The Hall–Kier alpha value is -1.10. The molecule has 0 saturated carbocycles. The molecule has 0 atom stereocenters. The fraction of sp³-hybridized carbons (Fsp3) is 0.800. The Labute approximate surface area is 89.4 Å². The number of hydrogen-bond donors (Lipinski definition) is 1. The zero-order chi connectivity index (χ0) is 11.5. The van der Waals surface area contributed by atoms with E-state index in [0.717, 1.165) is 12.8 Å². The fourth-order valence-corrected chi connectivity index (χ4v) is 0.844. The molecule has 15 heavy (non-hydrogen) atoms. The van der Waals surface area contributed by atoms with Crippen molar-refractivity contribution in [1.82, 2.24) is 0 Å². The summed E-state index contributed by atoms with van der Waals surface area (Å²) in [5.74, 6) is -1.48. The van der Waals surface area contributed by atoms with Crippen molar-refractivity contribution >= 4 is 11.9 Å². The molecule has 0 aromatic heterocycles. The third-order valence-corrected chi connectivity index (χ3v) is 1.68. The van der Waals surface area contributed by atoms with Crippen LogP contribution in [0, 0.1) is 0 Å². The molecule has 5 nitrogen and oxygen atoms in total. The Morgan fingerprint density at radius 1 is 1.13 bits per heavy atom. The maximum atomic E-state index is 10.9. The standard InChI is InChI=1S/C10H18O5/c1-2-3-6-14-7-8-15-10(13)5-4-9(11)12/h2-8H2,1H3,(H,11,12). The number of aliphatic carboxylic acids is 1. The lowest BCUT2D eigenvalue weighted by atomic mass is 10.3. The molecule has 5 heteroatoms. The van der Waals surface area contributed by atoms with Gasteiger partial charge in [0.05, 0.1) is 19.4 Å². The van der Waals surface area contributed by atoms with Crippen molar-refractivity contribution in [2.75, 3.05) is 19.8 Å². The minimum atomic E-state index is -0.994. The number of carboxylic acids is 1. The molecule has 0 rings (SSSR count). The highest BCUT2D eigenvalue weighted by atomic mass is 16.6. The van der Waals surface area contributed by atoms with Crippen LogP contribution < -0.4 is 0 Å². The zero-order valence-electron chi connectivity index (χ0n) is 9.03. The van der Waals surface area contributed by atoms with Gasteiger partial charge in [0.25, 0.3) is 0 Å². The summed E-state index contributed by atoms with van der Waals surface area (Å²) >= 11 is 0. The number of ether oxygens (including phenoxy) is 2. The maximum absolute atomic E-state index is 10.9. The summed E-state index contributed by atoms with van der Waals surface area (Å²) in [6, 6.07) is 0. The lowest BCUT2D eigenvalue weighted by molar-refractivity contribution is -0.148. The first-order valence-corrected chi connectivity index (χ1v) is 5.12. The van der Waals surface area contributed by atoms with Crippen molar-refractivity contribution in [1.29, 1.82) is 0 Å². The highest BCUT2D eigenvalue weighted by Gasteiger charge is 2.05. The average Bonchev–Trinajstić information content (AvgIpc) is 2.20. The zero-order valence-corrected chi connectivity index (χ0v) is 9.03. The normalized spacial score (nSPS) is 9.93. The van der Waals surface area contributed by atoms with Gasteiger partial charge < -0.3 is 14.6 Å². The molecule has 0 aliphatic heterocycles. The summed E-state index contributed by atoms with van der Waals surface area (Å²) in [7, 11) is 0. The fourth-order valence-electron chi connectivity index (χ4n) is 0.844. The predicted octanol–water partition coefficient (Wildman–Crippen LogP) is 1.21. The van der Waals surface area contributed by atoms with Crippen LogP contribution in [0.4, 0.5) is 0 Å². The van der Waals surface area contributed by atoms with Gasteiger partial charge in [0.1, 0.15) is 6.61 Å². The summed E-state index contributed by atoms with van der Waals surface area (Å²) in [6.45, 7) is 3.31. The van der Waals surface area contributed by atoms with E-state index in [1.54, 1.807) is 0 Å². The van der Waals surface area contributed by atoms with E-state index >= 15 is 0 Å². The molecule has 0 aliphatic rings. The van der Waals surface area contributed by atoms with E-state index in [0.29, 0.717) is 13.2 Å². The van der Waals surface area contributed by atoms with Gasteiger partial charge in [-0.15, -0.1) is 0 Å². The van der Waals surface area contributed by atoms with Crippen molar-refractivity contribution in [3.8, 4) is 0 Å². The molecule has 0 radical (unpaired) electrons. The number of carbonyl (C=O) groups is 2. The van der Waals surface area contributed by atoms with Crippen molar-refractivity contribution in [2.45, 2.75) is 32.6 Å². The van der Waals surface area contributed by atoms with Crippen LogP contribution in [0.3, 0.4) is 0 Å². The van der Waals surface area contributed by atoms with E-state index < -0.39 is 11.9 Å². The van der Waals surface area contributed by atoms with Crippen molar-refractivity contribution in [3.05, 3.63) is 0 Å². The molecule has 1 N–H and O–H groups in total. The predicted molar refractivity (Wildman–Crippen MR) is 53.6 cm³/mol. The third kappa shape index (κ3) is 10.8. The topological polar surface area (TPSA) is 72.8 Å². The van der Waals surface area contributed by atoms with E-state index in [1.807, 2.05) is 0 Å². The molecule has 88 valence electrons. The van der Waals surface area contributed by atoms with E-state index in [1.165, 1.54) is 0 Å². The number of carboxylic acid groups (broad SMARTS) is 1. The summed E-state index contributed by atoms with van der Waals surface area (Å²) in [5, 5.41) is 8.30. The number of carbonyl (C=O) groups excluding carboxylic acids is 1. The van der Waals surface area contributed by atoms with E-state index in [4.69, 9.17) is 14.6 Å². The average molecular weight is 218 g/mol. The van der Waals surface area contributed by atoms with Crippen molar-refractivity contribution < 1.29 is 24.2 Å². The Kier molecular flexibility index (Phi) is 8.76. The van der Waals surface area contributed by atoms with Crippen molar-refractivity contribution in [3.63, 3.8) is 0 Å². The molecule has 0 unspecified atom stereocenters. The molecular formula is C10H18O5. The van der Waals surface area contributed by atoms with E-state index in [2.05, 4.69) is 6.92 Å². The molecule has 0 saturated heterocycles. The molecule has 0 spiro atoms. The molecule has 0 amide bonds. The van der Waals surface area contributed by atoms with Gasteiger partial charge >= 0.3 is 11.9 Å². The van der Waals surface area contributed by atoms with Gasteiger partial charge in [-0.2, -0.15) is 0 Å². The molecule has 0 bridgehead atoms. The van der Waals surface area contributed by atoms with Crippen molar-refractivity contribution in [2.24, 2.45) is 0 Å². The molecule has 0 fully saturated rings. The van der Waals surface area contributed by atoms with Gasteiger partial charge in [-0.25, -0.2) is 0 Å². The first-order valence-electron chi connectivity index (χ1n) is 5.12. The van der Waals surface area contributed by atoms with Crippen LogP contribution in [0.1, 0.15) is 32.6 Å². The Morgan fingerprint density at radius 2 is 1.87 bits per heavy atom. The SMILES string of the molecule is CCCCOCCOC(=O)CCC(=O)O. The monoisotopic (exact) mass is 218 g/mol. The first-order chi connectivity index (χ1) is 7.16. The summed E-state index contributed by atoms with van der Waals surface area (Å²) in [6.07, 6.45) is 1.80. The lowest BCUT2D eigenvalue weighted by Crippen LogP contribution is -2.12. The quantitative estimate of drug-likeness (QED) is 0.465. The second kappa shape index (κ2) is 9.45. The van der Waals surface area contributed by atoms with Gasteiger partial charge in [-0.1, -0.05) is 13.3 Å². The van der Waals surface area contributed by atoms with Gasteiger partial charge in [-0.05, 0) is 6.42 Å². The number of rotatable bonds is 9. The minimum absolute atomic E-state index is 0.0791. The van der Waals surface area contributed by atoms with Gasteiger partial charge in [0, 0.05) is 6.61 Å². The number of unbranched alkanes of at least 4 members (excludes halogenated alkanes) is 1. The second-order valence-corrected chi connectivity index (χ2v) is 3.08. The smallest absolute Gasteiger partial charge is 0.306 e. The second-order valence-electron chi connectivity index (χ2n) is 3.08. The molecule has 0 aromatic rings. The largest absolute Gasteiger partial charge is 0.481 e. The number of hydrogen-bond acceptors (Lipinski definition) is 4. The Balaban J connectivity index is 3.20. The number of esters is 1. The van der Waals surface area contributed by atoms with Crippen LogP contribution in [0.2, 0.25) is 0 Å². The molecule has 0 heterocycles. The summed E-state index contributed by atoms with van der Waals surface area (Å²) in [4.78, 5) is 21.0. The van der Waals surface area contributed by atoms with Gasteiger partial charge in [-0.3, -0.25) is 9.59 Å². The Morgan fingerprint density at radius 3 is 2.47 bits per heavy atom. The van der Waals surface area contributed by atoms with Crippen LogP contribution in [-0.4, -0.2) is 36.9 Å². The highest BCUT2D eigenvalue weighted by molar-refractivity contribution is 5.76. The molecule has 0 aromatic carbocycles. The maximum Gasteiger partial charge on any atom is 0.306 e. The Bertz CT molecular complexity index is 190. The molecule has 0 aliphatic carbocycles. The van der Waals surface area contributed by atoms with Gasteiger partial charge in [0.2, 0.25) is 0 Å². The third-order valence-electron chi connectivity index (χ3n) is 1.68. The van der Waals surface area contributed by atoms with Crippen LogP contribution in [0.25, 0.3) is 0 Å². The van der Waals surface area contributed by atoms with Gasteiger partial charge in [0.15, 0.2) is 0 Å². The minimum Gasteiger partial charge on any atom is -0.481 e. The lowest BCUT2D eigenvalue weighted by Gasteiger charge is -2.04. The summed E-state index contributed by atoms with van der Waals surface area (Å²) in [5.41, 5.74) is 0. The van der Waals surface area contributed by atoms with E-state index in [-0.39, 0.29) is 19.4 Å². The summed E-state index contributed by atoms with van der Waals surface area (Å²) < 4.78 is 9.90. The molecular weight excluding hydrogens is 200 g/mol. The van der Waals surface area contributed by atoms with E-state index in [9.17, 15) is 9.59 Å². The van der Waals surface area contributed by atoms with Crippen LogP contribution in [-0.2, 0) is 19.1 Å². The van der Waals surface area contributed by atoms with Crippen LogP contribution in [0.15, 0.2) is 0 Å². The highest BCUT2D eigenvalue weighted by Crippen LogP contribution is 1.93. The first kappa shape index (κ1) is 13.9.